The lowest BCUT2D eigenvalue weighted by molar-refractivity contribution is -0.131. The highest BCUT2D eigenvalue weighted by molar-refractivity contribution is 8.04. The zero-order chi connectivity index (χ0) is 21.9. The number of para-hydroxylation sites is 1. The van der Waals surface area contributed by atoms with Crippen LogP contribution >= 0.6 is 11.8 Å². The number of anilines is 1. The van der Waals surface area contributed by atoms with Crippen molar-refractivity contribution in [2.75, 3.05) is 19.1 Å². The monoisotopic (exact) mass is 438 g/mol. The standard InChI is InChI=1S/C22H18N2O6S/c1-28-13-8-7-10(9-14(13)29-2)24-20(25)16-15-11-5-3-4-6-12(11)30-22(27)17(15)19(23)31-18(16)21(24)26/h3-9,15-16,18H,23H2,1-2H3/t15-,16-,18+/m0/s1. The molecule has 2 N–H and O–H groups in total. The number of fused-ring (bicyclic) bond motifs is 5. The van der Waals surface area contributed by atoms with Gasteiger partial charge in [-0.1, -0.05) is 30.0 Å². The molecule has 0 radical (unpaired) electrons. The maximum atomic E-state index is 13.6. The number of benzene rings is 2. The summed E-state index contributed by atoms with van der Waals surface area (Å²) in [5, 5.41) is -0.533. The fraction of sp³-hybridized carbons (Fsp3) is 0.227. The summed E-state index contributed by atoms with van der Waals surface area (Å²) in [6, 6.07) is 11.9. The molecule has 8 nitrogen and oxygen atoms in total. The molecule has 3 aliphatic heterocycles. The van der Waals surface area contributed by atoms with Crippen molar-refractivity contribution in [2.24, 2.45) is 11.7 Å². The van der Waals surface area contributed by atoms with Crippen molar-refractivity contribution in [3.63, 3.8) is 0 Å². The average Bonchev–Trinajstić information content (AvgIpc) is 3.02. The maximum absolute atomic E-state index is 13.6. The van der Waals surface area contributed by atoms with E-state index in [-0.39, 0.29) is 16.5 Å². The predicted molar refractivity (Wildman–Crippen MR) is 113 cm³/mol. The van der Waals surface area contributed by atoms with Gasteiger partial charge in [0.05, 0.1) is 36.4 Å². The summed E-state index contributed by atoms with van der Waals surface area (Å²) in [7, 11) is 2.98. The lowest BCUT2D eigenvalue weighted by Crippen LogP contribution is -2.39. The quantitative estimate of drug-likeness (QED) is 0.441. The van der Waals surface area contributed by atoms with Crippen molar-refractivity contribution in [3.05, 3.63) is 58.6 Å². The van der Waals surface area contributed by atoms with Crippen LogP contribution in [0.3, 0.4) is 0 Å². The number of hydrogen-bond donors (Lipinski definition) is 1. The number of ether oxygens (including phenoxy) is 3. The fourth-order valence-corrected chi connectivity index (χ4v) is 5.66. The maximum Gasteiger partial charge on any atom is 0.342 e. The van der Waals surface area contributed by atoms with Crippen molar-refractivity contribution in [1.29, 1.82) is 0 Å². The number of nitrogens with two attached hydrogens (primary N) is 1. The van der Waals surface area contributed by atoms with Gasteiger partial charge in [0.2, 0.25) is 11.8 Å². The lowest BCUT2D eigenvalue weighted by Gasteiger charge is -2.36. The third kappa shape index (κ3) is 2.73. The molecule has 0 saturated carbocycles. The van der Waals surface area contributed by atoms with Crippen LogP contribution in [0.4, 0.5) is 5.69 Å². The summed E-state index contributed by atoms with van der Waals surface area (Å²) in [6.45, 7) is 0. The SMILES string of the molecule is COc1ccc(N2C(=O)[C@@H]3[C@@H](SC(N)=C4C(=O)Oc5ccccc5[C@H]43)C2=O)cc1OC. The highest BCUT2D eigenvalue weighted by atomic mass is 32.2. The number of amides is 2. The number of thioether (sulfide) groups is 1. The fourth-order valence-electron chi connectivity index (χ4n) is 4.42. The number of hydrogen-bond acceptors (Lipinski definition) is 8. The summed E-state index contributed by atoms with van der Waals surface area (Å²) < 4.78 is 16.0. The summed E-state index contributed by atoms with van der Waals surface area (Å²) >= 11 is 1.04. The number of carbonyl (C=O) groups is 3. The number of esters is 1. The van der Waals surface area contributed by atoms with Gasteiger partial charge in [0.1, 0.15) is 11.0 Å². The van der Waals surface area contributed by atoms with Gasteiger partial charge in [-0.2, -0.15) is 0 Å². The Labute approximate surface area is 181 Å². The van der Waals surface area contributed by atoms with E-state index in [0.29, 0.717) is 28.5 Å². The Bertz CT molecular complexity index is 1180. The first-order chi connectivity index (χ1) is 15.0. The molecule has 3 atom stereocenters. The lowest BCUT2D eigenvalue weighted by atomic mass is 9.77. The number of rotatable bonds is 3. The van der Waals surface area contributed by atoms with Crippen molar-refractivity contribution in [1.82, 2.24) is 0 Å². The van der Waals surface area contributed by atoms with Gasteiger partial charge in [-0.3, -0.25) is 9.59 Å². The molecule has 0 aliphatic carbocycles. The van der Waals surface area contributed by atoms with E-state index >= 15 is 0 Å². The number of imide groups is 1. The van der Waals surface area contributed by atoms with Gasteiger partial charge in [-0.25, -0.2) is 9.69 Å². The second-order valence-electron chi connectivity index (χ2n) is 7.30. The van der Waals surface area contributed by atoms with Crippen LogP contribution in [0, 0.1) is 5.92 Å². The molecule has 2 aromatic carbocycles. The van der Waals surface area contributed by atoms with Crippen LogP contribution in [0.5, 0.6) is 17.2 Å². The van der Waals surface area contributed by atoms with E-state index in [1.807, 2.05) is 0 Å². The number of nitrogens with zero attached hydrogens (tertiary/aromatic N) is 1. The number of methoxy groups -OCH3 is 2. The summed E-state index contributed by atoms with van der Waals surface area (Å²) in [4.78, 5) is 40.7. The molecule has 158 valence electrons. The normalized spacial score (nSPS) is 24.4. The molecule has 0 unspecified atom stereocenters. The van der Waals surface area contributed by atoms with Gasteiger partial charge in [0.25, 0.3) is 0 Å². The zero-order valence-corrected chi connectivity index (χ0v) is 17.5. The predicted octanol–water partition coefficient (Wildman–Crippen LogP) is 2.18. The zero-order valence-electron chi connectivity index (χ0n) is 16.7. The Morgan fingerprint density at radius 3 is 2.48 bits per heavy atom. The number of carbonyl (C=O) groups excluding carboxylic acids is 3. The van der Waals surface area contributed by atoms with Crippen LogP contribution in [0.2, 0.25) is 0 Å². The Balaban J connectivity index is 1.62. The molecule has 3 aliphatic rings. The highest BCUT2D eigenvalue weighted by Gasteiger charge is 2.58. The van der Waals surface area contributed by atoms with E-state index in [4.69, 9.17) is 19.9 Å². The summed E-state index contributed by atoms with van der Waals surface area (Å²) in [5.41, 5.74) is 7.47. The Morgan fingerprint density at radius 2 is 1.74 bits per heavy atom. The van der Waals surface area contributed by atoms with Crippen molar-refractivity contribution >= 4 is 35.2 Å². The van der Waals surface area contributed by atoms with Crippen LogP contribution in [-0.4, -0.2) is 37.3 Å². The van der Waals surface area contributed by atoms with Gasteiger partial charge in [-0.15, -0.1) is 0 Å². The smallest absolute Gasteiger partial charge is 0.342 e. The third-order valence-corrected chi connectivity index (χ3v) is 7.01. The second-order valence-corrected chi connectivity index (χ2v) is 8.48. The van der Waals surface area contributed by atoms with Crippen molar-refractivity contribution in [2.45, 2.75) is 11.2 Å². The minimum absolute atomic E-state index is 0.209. The van der Waals surface area contributed by atoms with E-state index in [0.717, 1.165) is 16.7 Å². The minimum atomic E-state index is -0.776. The van der Waals surface area contributed by atoms with E-state index in [1.54, 1.807) is 42.5 Å². The molecule has 2 aromatic rings. The van der Waals surface area contributed by atoms with Crippen LogP contribution in [0.15, 0.2) is 53.1 Å². The van der Waals surface area contributed by atoms with E-state index < -0.39 is 29.0 Å². The summed E-state index contributed by atoms with van der Waals surface area (Å²) in [5.74, 6) is -1.53. The Hall–Kier alpha value is -3.46. The largest absolute Gasteiger partial charge is 0.493 e. The van der Waals surface area contributed by atoms with E-state index in [2.05, 4.69) is 0 Å². The first kappa shape index (κ1) is 19.5. The Kier molecular flexibility index (Phi) is 4.44. The molecule has 0 bridgehead atoms. The first-order valence-electron chi connectivity index (χ1n) is 9.53. The Morgan fingerprint density at radius 1 is 1.00 bits per heavy atom. The van der Waals surface area contributed by atoms with Crippen LogP contribution in [-0.2, 0) is 14.4 Å². The van der Waals surface area contributed by atoms with Gasteiger partial charge >= 0.3 is 5.97 Å². The molecule has 1 fully saturated rings. The molecule has 0 spiro atoms. The van der Waals surface area contributed by atoms with Crippen LogP contribution in [0.1, 0.15) is 11.5 Å². The molecule has 5 rings (SSSR count). The van der Waals surface area contributed by atoms with Gasteiger partial charge in [0.15, 0.2) is 11.5 Å². The van der Waals surface area contributed by atoms with Gasteiger partial charge in [0, 0.05) is 17.5 Å². The topological polar surface area (TPSA) is 108 Å². The molecule has 3 heterocycles. The second kappa shape index (κ2) is 7.05. The average molecular weight is 438 g/mol. The van der Waals surface area contributed by atoms with Gasteiger partial charge < -0.3 is 19.9 Å². The highest BCUT2D eigenvalue weighted by Crippen LogP contribution is 2.54. The molecular weight excluding hydrogens is 420 g/mol. The van der Waals surface area contributed by atoms with Gasteiger partial charge in [-0.05, 0) is 18.2 Å². The molecule has 2 amide bonds. The van der Waals surface area contributed by atoms with Crippen LogP contribution in [0.25, 0.3) is 0 Å². The van der Waals surface area contributed by atoms with Crippen molar-refractivity contribution < 1.29 is 28.6 Å². The molecule has 1 saturated heterocycles. The summed E-state index contributed by atoms with van der Waals surface area (Å²) in [6.07, 6.45) is 0. The minimum Gasteiger partial charge on any atom is -0.493 e. The molecule has 0 aromatic heterocycles. The molecule has 9 heteroatoms. The van der Waals surface area contributed by atoms with Crippen molar-refractivity contribution in [3.8, 4) is 17.2 Å². The third-order valence-electron chi connectivity index (χ3n) is 5.79. The first-order valence-corrected chi connectivity index (χ1v) is 10.4. The molecule has 31 heavy (non-hydrogen) atoms. The van der Waals surface area contributed by atoms with E-state index in [1.165, 1.54) is 14.2 Å². The van der Waals surface area contributed by atoms with E-state index in [9.17, 15) is 14.4 Å². The molecular formula is C22H18N2O6S. The van der Waals surface area contributed by atoms with Crippen LogP contribution < -0.4 is 24.8 Å².